The van der Waals surface area contributed by atoms with Gasteiger partial charge in [-0.3, -0.25) is 4.79 Å². The Morgan fingerprint density at radius 2 is 2.11 bits per heavy atom. The molecule has 0 heterocycles. The molecular weight excluding hydrogens is 296 g/mol. The van der Waals surface area contributed by atoms with Crippen LogP contribution in [0.3, 0.4) is 0 Å². The second-order valence-electron chi connectivity index (χ2n) is 4.60. The number of carboxylic acids is 1. The van der Waals surface area contributed by atoms with Gasteiger partial charge >= 0.3 is 5.97 Å². The Balaban J connectivity index is 2.89. The highest BCUT2D eigenvalue weighted by atomic mass is 79.9. The number of hydrogen-bond donors (Lipinski definition) is 1. The minimum absolute atomic E-state index is 0.200. The molecule has 4 heteroatoms. The summed E-state index contributed by atoms with van der Waals surface area (Å²) in [4.78, 5) is 10.5. The number of carbonyl (C=O) groups is 1. The molecule has 0 fully saturated rings. The summed E-state index contributed by atoms with van der Waals surface area (Å²) in [5.74, 6) is 0.493. The van der Waals surface area contributed by atoms with E-state index in [2.05, 4.69) is 35.8 Å². The molecule has 1 aromatic carbocycles. The first-order valence-corrected chi connectivity index (χ1v) is 6.83. The fraction of sp³-hybridized carbons (Fsp3) is 0.500. The van der Waals surface area contributed by atoms with Crippen molar-refractivity contribution in [2.24, 2.45) is 0 Å². The molecule has 0 saturated heterocycles. The van der Waals surface area contributed by atoms with Crippen LogP contribution in [0, 0.1) is 0 Å². The smallest absolute Gasteiger partial charge is 0.303 e. The maximum absolute atomic E-state index is 10.5. The lowest BCUT2D eigenvalue weighted by molar-refractivity contribution is -0.137. The first-order chi connectivity index (χ1) is 8.45. The Morgan fingerprint density at radius 3 is 2.61 bits per heavy atom. The van der Waals surface area contributed by atoms with E-state index in [1.165, 1.54) is 0 Å². The fourth-order valence-electron chi connectivity index (χ4n) is 1.96. The maximum Gasteiger partial charge on any atom is 0.303 e. The van der Waals surface area contributed by atoms with Crippen molar-refractivity contribution in [3.05, 3.63) is 27.7 Å². The lowest BCUT2D eigenvalue weighted by atomic mass is 9.98. The molecule has 0 aliphatic heterocycles. The van der Waals surface area contributed by atoms with Gasteiger partial charge in [0.05, 0.1) is 7.11 Å². The molecule has 1 rings (SSSR count). The first kappa shape index (κ1) is 15.0. The predicted molar refractivity (Wildman–Crippen MR) is 75.4 cm³/mol. The number of methoxy groups -OCH3 is 1. The standard InChI is InChI=1S/C14H19BrO3/c1-9(2)14-11(15)7-10(8-12(14)18-3)5-4-6-13(16)17/h7-9H,4-6H2,1-3H3,(H,16,17). The molecule has 0 radical (unpaired) electrons. The van der Waals surface area contributed by atoms with Crippen LogP contribution < -0.4 is 4.74 Å². The Bertz CT molecular complexity index is 427. The molecule has 0 aromatic heterocycles. The average molecular weight is 315 g/mol. The van der Waals surface area contributed by atoms with Gasteiger partial charge < -0.3 is 9.84 Å². The van der Waals surface area contributed by atoms with Gasteiger partial charge in [0.1, 0.15) is 5.75 Å². The van der Waals surface area contributed by atoms with Crippen molar-refractivity contribution in [2.45, 2.75) is 39.0 Å². The predicted octanol–water partition coefficient (Wildman–Crippen LogP) is 3.99. The first-order valence-electron chi connectivity index (χ1n) is 6.03. The van der Waals surface area contributed by atoms with Crippen molar-refractivity contribution in [3.8, 4) is 5.75 Å². The van der Waals surface area contributed by atoms with Gasteiger partial charge in [-0.15, -0.1) is 0 Å². The number of aryl methyl sites for hydroxylation is 1. The highest BCUT2D eigenvalue weighted by molar-refractivity contribution is 9.10. The minimum atomic E-state index is -0.750. The molecule has 0 spiro atoms. The Morgan fingerprint density at radius 1 is 1.44 bits per heavy atom. The van der Waals surface area contributed by atoms with E-state index < -0.39 is 5.97 Å². The van der Waals surface area contributed by atoms with E-state index in [1.54, 1.807) is 7.11 Å². The molecule has 0 aliphatic rings. The van der Waals surface area contributed by atoms with Gasteiger partial charge in [0, 0.05) is 16.5 Å². The van der Waals surface area contributed by atoms with Crippen LogP contribution in [0.25, 0.3) is 0 Å². The van der Waals surface area contributed by atoms with Gasteiger partial charge in [0.15, 0.2) is 0 Å². The average Bonchev–Trinajstić information content (AvgIpc) is 2.26. The van der Waals surface area contributed by atoms with Gasteiger partial charge in [-0.05, 0) is 36.5 Å². The van der Waals surface area contributed by atoms with Crippen molar-refractivity contribution in [3.63, 3.8) is 0 Å². The van der Waals surface area contributed by atoms with Crippen LogP contribution in [-0.2, 0) is 11.2 Å². The van der Waals surface area contributed by atoms with Crippen LogP contribution in [0.15, 0.2) is 16.6 Å². The van der Waals surface area contributed by atoms with Crippen LogP contribution in [-0.4, -0.2) is 18.2 Å². The Kier molecular flexibility index (Phi) is 5.66. The van der Waals surface area contributed by atoms with E-state index >= 15 is 0 Å². The number of rotatable bonds is 6. The third-order valence-corrected chi connectivity index (χ3v) is 3.46. The van der Waals surface area contributed by atoms with Crippen LogP contribution in [0.1, 0.15) is 43.7 Å². The van der Waals surface area contributed by atoms with E-state index in [9.17, 15) is 4.79 Å². The number of carboxylic acid groups (broad SMARTS) is 1. The topological polar surface area (TPSA) is 46.5 Å². The number of aliphatic carboxylic acids is 1. The number of halogens is 1. The van der Waals surface area contributed by atoms with Crippen molar-refractivity contribution in [1.82, 2.24) is 0 Å². The van der Waals surface area contributed by atoms with Gasteiger partial charge in [0.25, 0.3) is 0 Å². The zero-order valence-electron chi connectivity index (χ0n) is 11.0. The van der Waals surface area contributed by atoms with E-state index in [4.69, 9.17) is 9.84 Å². The number of hydrogen-bond acceptors (Lipinski definition) is 2. The molecule has 0 saturated carbocycles. The molecule has 100 valence electrons. The summed E-state index contributed by atoms with van der Waals surface area (Å²) in [6, 6.07) is 4.06. The van der Waals surface area contributed by atoms with E-state index in [1.807, 2.05) is 6.07 Å². The van der Waals surface area contributed by atoms with Gasteiger partial charge in [-0.25, -0.2) is 0 Å². The lowest BCUT2D eigenvalue weighted by Crippen LogP contribution is -2.00. The Labute approximate surface area is 116 Å². The van der Waals surface area contributed by atoms with Crippen molar-refractivity contribution in [2.75, 3.05) is 7.11 Å². The maximum atomic E-state index is 10.5. The molecule has 18 heavy (non-hydrogen) atoms. The van der Waals surface area contributed by atoms with Crippen LogP contribution in [0.2, 0.25) is 0 Å². The van der Waals surface area contributed by atoms with Gasteiger partial charge in [-0.1, -0.05) is 29.8 Å². The summed E-state index contributed by atoms with van der Waals surface area (Å²) in [6.07, 6.45) is 1.59. The van der Waals surface area contributed by atoms with Crippen LogP contribution in [0.5, 0.6) is 5.75 Å². The third kappa shape index (κ3) is 4.02. The zero-order valence-corrected chi connectivity index (χ0v) is 12.6. The highest BCUT2D eigenvalue weighted by Crippen LogP contribution is 2.35. The molecule has 1 N–H and O–H groups in total. The van der Waals surface area contributed by atoms with E-state index in [0.29, 0.717) is 12.3 Å². The second kappa shape index (κ2) is 6.78. The van der Waals surface area contributed by atoms with E-state index in [0.717, 1.165) is 27.8 Å². The van der Waals surface area contributed by atoms with E-state index in [-0.39, 0.29) is 6.42 Å². The molecule has 0 atom stereocenters. The molecule has 0 amide bonds. The van der Waals surface area contributed by atoms with Gasteiger partial charge in [-0.2, -0.15) is 0 Å². The monoisotopic (exact) mass is 314 g/mol. The minimum Gasteiger partial charge on any atom is -0.496 e. The lowest BCUT2D eigenvalue weighted by Gasteiger charge is -2.15. The van der Waals surface area contributed by atoms with Crippen LogP contribution in [0.4, 0.5) is 0 Å². The van der Waals surface area contributed by atoms with Crippen LogP contribution >= 0.6 is 15.9 Å². The fourth-order valence-corrected chi connectivity index (χ4v) is 2.91. The molecule has 0 bridgehead atoms. The van der Waals surface area contributed by atoms with Gasteiger partial charge in [0.2, 0.25) is 0 Å². The highest BCUT2D eigenvalue weighted by Gasteiger charge is 2.13. The normalized spacial score (nSPS) is 10.7. The number of ether oxygens (including phenoxy) is 1. The largest absolute Gasteiger partial charge is 0.496 e. The molecule has 3 nitrogen and oxygen atoms in total. The summed E-state index contributed by atoms with van der Waals surface area (Å²) >= 11 is 3.56. The molecular formula is C14H19BrO3. The summed E-state index contributed by atoms with van der Waals surface area (Å²) in [5.41, 5.74) is 2.25. The van der Waals surface area contributed by atoms with Crippen molar-refractivity contribution in [1.29, 1.82) is 0 Å². The summed E-state index contributed by atoms with van der Waals surface area (Å²) in [6.45, 7) is 4.24. The second-order valence-corrected chi connectivity index (χ2v) is 5.45. The SMILES string of the molecule is COc1cc(CCCC(=O)O)cc(Br)c1C(C)C. The summed E-state index contributed by atoms with van der Waals surface area (Å²) in [5, 5.41) is 8.63. The van der Waals surface area contributed by atoms with Crippen molar-refractivity contribution < 1.29 is 14.6 Å². The summed E-state index contributed by atoms with van der Waals surface area (Å²) < 4.78 is 6.44. The zero-order chi connectivity index (χ0) is 13.7. The Hall–Kier alpha value is -1.03. The number of benzene rings is 1. The quantitative estimate of drug-likeness (QED) is 0.863. The van der Waals surface area contributed by atoms with Crippen molar-refractivity contribution >= 4 is 21.9 Å². The molecule has 0 aliphatic carbocycles. The third-order valence-electron chi connectivity index (χ3n) is 2.80. The summed E-state index contributed by atoms with van der Waals surface area (Å²) in [7, 11) is 1.66. The molecule has 0 unspecified atom stereocenters. The molecule has 1 aromatic rings.